The van der Waals surface area contributed by atoms with Crippen LogP contribution in [0.15, 0.2) is 60.9 Å². The monoisotopic (exact) mass is 365 g/mol. The summed E-state index contributed by atoms with van der Waals surface area (Å²) in [6.45, 7) is 0. The summed E-state index contributed by atoms with van der Waals surface area (Å²) in [6, 6.07) is 13.4. The Morgan fingerprint density at radius 2 is 1.92 bits per heavy atom. The van der Waals surface area contributed by atoms with Crippen molar-refractivity contribution in [1.29, 1.82) is 0 Å². The second-order valence-corrected chi connectivity index (χ2v) is 6.15. The van der Waals surface area contributed by atoms with E-state index in [1.807, 2.05) is 18.2 Å². The molecule has 4 aromatic rings. The maximum atomic E-state index is 14.1. The number of nitrogens with one attached hydrogen (secondary N) is 1. The molecule has 0 spiro atoms. The number of anilines is 3. The van der Waals surface area contributed by atoms with E-state index >= 15 is 0 Å². The lowest BCUT2D eigenvalue weighted by Crippen LogP contribution is -1.97. The van der Waals surface area contributed by atoms with Crippen molar-refractivity contribution in [2.75, 3.05) is 11.1 Å². The minimum absolute atomic E-state index is 0.293. The first-order valence-electron chi connectivity index (χ1n) is 7.79. The molecule has 7 heteroatoms. The molecule has 0 aliphatic heterocycles. The van der Waals surface area contributed by atoms with Crippen LogP contribution in [0.4, 0.5) is 21.5 Å². The smallest absolute Gasteiger partial charge is 0.132 e. The Morgan fingerprint density at radius 3 is 2.81 bits per heavy atom. The predicted molar refractivity (Wildman–Crippen MR) is 102 cm³/mol. The number of nitrogens with two attached hydrogens (primary N) is 1. The minimum atomic E-state index is -0.411. The average Bonchev–Trinajstić information content (AvgIpc) is 2.64. The number of aromatic nitrogens is 3. The Morgan fingerprint density at radius 1 is 1.04 bits per heavy atom. The normalized spacial score (nSPS) is 10.8. The van der Waals surface area contributed by atoms with Gasteiger partial charge in [0.25, 0.3) is 0 Å². The third-order valence-corrected chi connectivity index (χ3v) is 4.14. The highest BCUT2D eigenvalue weighted by Crippen LogP contribution is 2.29. The molecule has 26 heavy (non-hydrogen) atoms. The standard InChI is InChI=1S/C19H13ClFN5/c20-11-1-4-16(21)15(7-11)19-9-13(10-24-26-19)25-17-5-6-23-18-8-12(22)2-3-14(17)18/h1-10H,22H2,(H,23,25,26). The number of nitrogens with zero attached hydrogens (tertiary/aromatic N) is 3. The molecule has 0 atom stereocenters. The van der Waals surface area contributed by atoms with E-state index in [0.717, 1.165) is 16.6 Å². The second kappa shape index (κ2) is 6.57. The topological polar surface area (TPSA) is 76.7 Å². The van der Waals surface area contributed by atoms with Crippen molar-refractivity contribution in [2.45, 2.75) is 0 Å². The molecule has 2 aromatic heterocycles. The summed E-state index contributed by atoms with van der Waals surface area (Å²) in [4.78, 5) is 4.32. The van der Waals surface area contributed by atoms with Crippen LogP contribution in [0.2, 0.25) is 5.02 Å². The molecule has 0 saturated carbocycles. The van der Waals surface area contributed by atoms with E-state index in [1.54, 1.807) is 24.5 Å². The molecule has 2 aromatic carbocycles. The number of fused-ring (bicyclic) bond motifs is 1. The van der Waals surface area contributed by atoms with E-state index in [1.165, 1.54) is 18.2 Å². The molecule has 0 unspecified atom stereocenters. The van der Waals surface area contributed by atoms with Gasteiger partial charge in [-0.25, -0.2) is 4.39 Å². The Labute approximate surface area is 153 Å². The second-order valence-electron chi connectivity index (χ2n) is 5.71. The van der Waals surface area contributed by atoms with Crippen molar-refractivity contribution in [3.8, 4) is 11.3 Å². The van der Waals surface area contributed by atoms with Gasteiger partial charge in [0.1, 0.15) is 5.82 Å². The zero-order chi connectivity index (χ0) is 18.1. The quantitative estimate of drug-likeness (QED) is 0.509. The third-order valence-electron chi connectivity index (χ3n) is 3.90. The Hall–Kier alpha value is -3.25. The first kappa shape index (κ1) is 16.2. The molecular weight excluding hydrogens is 353 g/mol. The van der Waals surface area contributed by atoms with Crippen LogP contribution in [0.5, 0.6) is 0 Å². The fourth-order valence-electron chi connectivity index (χ4n) is 2.69. The number of pyridine rings is 1. The first-order valence-corrected chi connectivity index (χ1v) is 8.17. The molecule has 2 heterocycles. The van der Waals surface area contributed by atoms with E-state index < -0.39 is 5.82 Å². The third kappa shape index (κ3) is 3.14. The Bertz CT molecular complexity index is 1120. The Balaban J connectivity index is 1.73. The van der Waals surface area contributed by atoms with Crippen LogP contribution in [-0.4, -0.2) is 15.2 Å². The van der Waals surface area contributed by atoms with Crippen LogP contribution in [-0.2, 0) is 0 Å². The summed E-state index contributed by atoms with van der Waals surface area (Å²) < 4.78 is 14.1. The number of hydrogen-bond donors (Lipinski definition) is 2. The average molecular weight is 366 g/mol. The molecule has 0 amide bonds. The fraction of sp³-hybridized carbons (Fsp3) is 0. The van der Waals surface area contributed by atoms with E-state index in [9.17, 15) is 4.39 Å². The maximum absolute atomic E-state index is 14.1. The maximum Gasteiger partial charge on any atom is 0.132 e. The van der Waals surface area contributed by atoms with Gasteiger partial charge in [0.2, 0.25) is 0 Å². The van der Waals surface area contributed by atoms with Crippen LogP contribution in [0.1, 0.15) is 0 Å². The molecule has 0 fully saturated rings. The lowest BCUT2D eigenvalue weighted by Gasteiger charge is -2.10. The van der Waals surface area contributed by atoms with Gasteiger partial charge < -0.3 is 11.1 Å². The number of benzene rings is 2. The molecule has 0 aliphatic rings. The van der Waals surface area contributed by atoms with E-state index in [4.69, 9.17) is 17.3 Å². The number of rotatable bonds is 3. The molecule has 0 saturated heterocycles. The van der Waals surface area contributed by atoms with Gasteiger partial charge in [-0.05, 0) is 48.5 Å². The number of hydrogen-bond acceptors (Lipinski definition) is 5. The van der Waals surface area contributed by atoms with Gasteiger partial charge in [-0.15, -0.1) is 0 Å². The van der Waals surface area contributed by atoms with Gasteiger partial charge >= 0.3 is 0 Å². The first-order chi connectivity index (χ1) is 12.6. The number of halogens is 2. The molecule has 128 valence electrons. The van der Waals surface area contributed by atoms with Gasteiger partial charge in [0.15, 0.2) is 0 Å². The molecular formula is C19H13ClFN5. The molecule has 0 aliphatic carbocycles. The minimum Gasteiger partial charge on any atom is -0.399 e. The summed E-state index contributed by atoms with van der Waals surface area (Å²) in [6.07, 6.45) is 3.26. The predicted octanol–water partition coefficient (Wildman–Crippen LogP) is 4.81. The van der Waals surface area contributed by atoms with Crippen molar-refractivity contribution in [2.24, 2.45) is 0 Å². The van der Waals surface area contributed by atoms with Gasteiger partial charge in [-0.1, -0.05) is 11.6 Å². The van der Waals surface area contributed by atoms with Crippen LogP contribution >= 0.6 is 11.6 Å². The lowest BCUT2D eigenvalue weighted by atomic mass is 10.1. The van der Waals surface area contributed by atoms with Crippen LogP contribution in [0.3, 0.4) is 0 Å². The van der Waals surface area contributed by atoms with Gasteiger partial charge in [0.05, 0.1) is 23.1 Å². The van der Waals surface area contributed by atoms with Crippen LogP contribution < -0.4 is 11.1 Å². The highest BCUT2D eigenvalue weighted by molar-refractivity contribution is 6.30. The molecule has 5 nitrogen and oxygen atoms in total. The summed E-state index contributed by atoms with van der Waals surface area (Å²) in [5, 5.41) is 12.6. The van der Waals surface area contributed by atoms with Crippen molar-refractivity contribution in [3.05, 3.63) is 71.8 Å². The molecule has 0 radical (unpaired) electrons. The lowest BCUT2D eigenvalue weighted by molar-refractivity contribution is 0.630. The van der Waals surface area contributed by atoms with Gasteiger partial charge in [-0.3, -0.25) is 4.98 Å². The van der Waals surface area contributed by atoms with Crippen LogP contribution in [0.25, 0.3) is 22.2 Å². The summed E-state index contributed by atoms with van der Waals surface area (Å²) in [5.74, 6) is -0.411. The molecule has 0 bridgehead atoms. The van der Waals surface area contributed by atoms with Crippen LogP contribution in [0, 0.1) is 5.82 Å². The zero-order valence-corrected chi connectivity index (χ0v) is 14.2. The van der Waals surface area contributed by atoms with E-state index in [0.29, 0.717) is 27.7 Å². The Kier molecular flexibility index (Phi) is 4.10. The summed E-state index contributed by atoms with van der Waals surface area (Å²) in [7, 11) is 0. The van der Waals surface area contributed by atoms with Crippen molar-refractivity contribution < 1.29 is 4.39 Å². The van der Waals surface area contributed by atoms with Crippen molar-refractivity contribution >= 4 is 39.6 Å². The summed E-state index contributed by atoms with van der Waals surface area (Å²) >= 11 is 5.97. The largest absolute Gasteiger partial charge is 0.399 e. The zero-order valence-electron chi connectivity index (χ0n) is 13.4. The highest BCUT2D eigenvalue weighted by Gasteiger charge is 2.10. The van der Waals surface area contributed by atoms with E-state index in [2.05, 4.69) is 20.5 Å². The molecule has 3 N–H and O–H groups in total. The van der Waals surface area contributed by atoms with Gasteiger partial charge in [-0.2, -0.15) is 10.2 Å². The van der Waals surface area contributed by atoms with Crippen molar-refractivity contribution in [3.63, 3.8) is 0 Å². The SMILES string of the molecule is Nc1ccc2c(Nc3cnnc(-c4cc(Cl)ccc4F)c3)ccnc2c1. The molecule has 4 rings (SSSR count). The summed E-state index contributed by atoms with van der Waals surface area (Å²) in [5.41, 5.74) is 9.41. The number of nitrogen functional groups attached to an aromatic ring is 1. The van der Waals surface area contributed by atoms with Gasteiger partial charge in [0, 0.05) is 33.5 Å². The highest BCUT2D eigenvalue weighted by atomic mass is 35.5. The van der Waals surface area contributed by atoms with Crippen molar-refractivity contribution in [1.82, 2.24) is 15.2 Å². The fourth-order valence-corrected chi connectivity index (χ4v) is 2.86. The van der Waals surface area contributed by atoms with E-state index in [-0.39, 0.29) is 0 Å².